The number of benzene rings is 2. The number of carbonyl (C=O) groups is 2. The van der Waals surface area contributed by atoms with Crippen LogP contribution in [0.4, 0.5) is 0 Å². The largest absolute Gasteiger partial charge is 0.355 e. The molecule has 1 saturated carbocycles. The van der Waals surface area contributed by atoms with Gasteiger partial charge in [-0.15, -0.1) is 0 Å². The molecule has 1 heterocycles. The van der Waals surface area contributed by atoms with Gasteiger partial charge in [-0.05, 0) is 37.5 Å². The van der Waals surface area contributed by atoms with Gasteiger partial charge in [-0.3, -0.25) is 9.59 Å². The normalized spacial score (nSPS) is 13.2. The highest BCUT2D eigenvalue weighted by molar-refractivity contribution is 5.94. The summed E-state index contributed by atoms with van der Waals surface area (Å²) in [7, 11) is 1.60. The van der Waals surface area contributed by atoms with Gasteiger partial charge >= 0.3 is 0 Å². The van der Waals surface area contributed by atoms with Crippen LogP contribution in [0, 0.1) is 6.92 Å². The molecular formula is C23H23N3O3. The highest BCUT2D eigenvalue weighted by atomic mass is 16.5. The van der Waals surface area contributed by atoms with Gasteiger partial charge in [-0.2, -0.15) is 0 Å². The van der Waals surface area contributed by atoms with E-state index >= 15 is 0 Å². The van der Waals surface area contributed by atoms with E-state index < -0.39 is 0 Å². The van der Waals surface area contributed by atoms with Crippen molar-refractivity contribution in [1.82, 2.24) is 15.4 Å². The number of hydrogen-bond acceptors (Lipinski definition) is 4. The van der Waals surface area contributed by atoms with Gasteiger partial charge in [-0.25, -0.2) is 0 Å². The van der Waals surface area contributed by atoms with Crippen molar-refractivity contribution in [2.75, 3.05) is 7.05 Å². The third-order valence-electron chi connectivity index (χ3n) is 5.11. The number of nitrogens with zero attached hydrogens (tertiary/aromatic N) is 2. The zero-order valence-electron chi connectivity index (χ0n) is 16.5. The monoisotopic (exact) mass is 389 g/mol. The summed E-state index contributed by atoms with van der Waals surface area (Å²) >= 11 is 0. The van der Waals surface area contributed by atoms with Crippen molar-refractivity contribution in [3.05, 3.63) is 77.0 Å². The zero-order valence-corrected chi connectivity index (χ0v) is 16.5. The Morgan fingerprint density at radius 3 is 2.41 bits per heavy atom. The molecule has 29 heavy (non-hydrogen) atoms. The second-order valence-electron chi connectivity index (χ2n) is 7.38. The predicted molar refractivity (Wildman–Crippen MR) is 109 cm³/mol. The Kier molecular flexibility index (Phi) is 5.16. The maximum atomic E-state index is 13.1. The van der Waals surface area contributed by atoms with E-state index in [1.54, 1.807) is 25.2 Å². The van der Waals surface area contributed by atoms with Crippen molar-refractivity contribution >= 4 is 11.8 Å². The SMILES string of the molecule is CNC(=O)c1ccc(CN(C(=O)c2cc(-c3ccc(C)cc3)no2)C2CC2)cc1. The van der Waals surface area contributed by atoms with Gasteiger partial charge in [0, 0.05) is 36.8 Å². The highest BCUT2D eigenvalue weighted by Crippen LogP contribution is 2.30. The smallest absolute Gasteiger partial charge is 0.293 e. The molecule has 2 amide bonds. The molecule has 1 N–H and O–H groups in total. The summed E-state index contributed by atoms with van der Waals surface area (Å²) in [5.74, 6) is -0.0415. The minimum absolute atomic E-state index is 0.128. The average molecular weight is 389 g/mol. The topological polar surface area (TPSA) is 75.4 Å². The van der Waals surface area contributed by atoms with Crippen molar-refractivity contribution in [3.8, 4) is 11.3 Å². The molecule has 0 saturated heterocycles. The lowest BCUT2D eigenvalue weighted by atomic mass is 10.1. The van der Waals surface area contributed by atoms with E-state index in [1.807, 2.05) is 48.2 Å². The van der Waals surface area contributed by atoms with Crippen LogP contribution in [0.1, 0.15) is 44.9 Å². The summed E-state index contributed by atoms with van der Waals surface area (Å²) in [4.78, 5) is 26.6. The van der Waals surface area contributed by atoms with Gasteiger partial charge in [0.2, 0.25) is 5.76 Å². The zero-order chi connectivity index (χ0) is 20.4. The fourth-order valence-corrected chi connectivity index (χ4v) is 3.23. The number of hydrogen-bond donors (Lipinski definition) is 1. The van der Waals surface area contributed by atoms with E-state index in [2.05, 4.69) is 10.5 Å². The van der Waals surface area contributed by atoms with Gasteiger partial charge in [0.05, 0.1) is 0 Å². The molecule has 0 unspecified atom stereocenters. The Bertz CT molecular complexity index is 1020. The quantitative estimate of drug-likeness (QED) is 0.696. The highest BCUT2D eigenvalue weighted by Gasteiger charge is 2.34. The molecule has 2 aromatic carbocycles. The molecule has 0 spiro atoms. The summed E-state index contributed by atoms with van der Waals surface area (Å²) in [5, 5.41) is 6.69. The van der Waals surface area contributed by atoms with Crippen LogP contribution in [0.25, 0.3) is 11.3 Å². The number of nitrogens with one attached hydrogen (secondary N) is 1. The lowest BCUT2D eigenvalue weighted by Crippen LogP contribution is -2.32. The fraction of sp³-hybridized carbons (Fsp3) is 0.261. The Hall–Kier alpha value is -3.41. The predicted octanol–water partition coefficient (Wildman–Crippen LogP) is 3.81. The van der Waals surface area contributed by atoms with Gasteiger partial charge in [0.25, 0.3) is 11.8 Å². The van der Waals surface area contributed by atoms with E-state index in [4.69, 9.17) is 4.52 Å². The number of aromatic nitrogens is 1. The molecular weight excluding hydrogens is 366 g/mol. The summed E-state index contributed by atoms with van der Waals surface area (Å²) in [6.45, 7) is 2.49. The second-order valence-corrected chi connectivity index (χ2v) is 7.38. The first kappa shape index (κ1) is 18.9. The third kappa shape index (κ3) is 4.21. The Morgan fingerprint density at radius 2 is 1.79 bits per heavy atom. The Labute approximate surface area is 169 Å². The van der Waals surface area contributed by atoms with Crippen molar-refractivity contribution in [1.29, 1.82) is 0 Å². The maximum absolute atomic E-state index is 13.1. The second kappa shape index (κ2) is 7.91. The van der Waals surface area contributed by atoms with Gasteiger partial charge in [-0.1, -0.05) is 47.1 Å². The van der Waals surface area contributed by atoms with Gasteiger partial charge in [0.15, 0.2) is 0 Å². The molecule has 1 aromatic heterocycles. The Balaban J connectivity index is 1.51. The summed E-state index contributed by atoms with van der Waals surface area (Å²) in [5.41, 5.74) is 4.30. The lowest BCUT2D eigenvalue weighted by molar-refractivity contribution is 0.0687. The molecule has 148 valence electrons. The molecule has 0 atom stereocenters. The van der Waals surface area contributed by atoms with Crippen LogP contribution in [0.15, 0.2) is 59.1 Å². The summed E-state index contributed by atoms with van der Waals surface area (Å²) in [6.07, 6.45) is 1.97. The number of aryl methyl sites for hydroxylation is 1. The minimum atomic E-state index is -0.159. The minimum Gasteiger partial charge on any atom is -0.355 e. The van der Waals surface area contributed by atoms with E-state index in [1.165, 1.54) is 0 Å². The first-order chi connectivity index (χ1) is 14.0. The van der Waals surface area contributed by atoms with Crippen molar-refractivity contribution in [2.24, 2.45) is 0 Å². The molecule has 0 bridgehead atoms. The van der Waals surface area contributed by atoms with Crippen molar-refractivity contribution < 1.29 is 14.1 Å². The van der Waals surface area contributed by atoms with Crippen LogP contribution in [-0.2, 0) is 6.54 Å². The first-order valence-corrected chi connectivity index (χ1v) is 9.71. The van der Waals surface area contributed by atoms with Gasteiger partial charge < -0.3 is 14.7 Å². The Morgan fingerprint density at radius 1 is 1.10 bits per heavy atom. The molecule has 1 aliphatic rings. The van der Waals surface area contributed by atoms with Crippen molar-refractivity contribution in [2.45, 2.75) is 32.4 Å². The standard InChI is InChI=1S/C23H23N3O3/c1-15-3-7-17(8-4-15)20-13-21(29-25-20)23(28)26(19-11-12-19)14-16-5-9-18(10-6-16)22(27)24-2/h3-10,13,19H,11-12,14H2,1-2H3,(H,24,27). The molecule has 0 aliphatic heterocycles. The number of amides is 2. The fourth-order valence-electron chi connectivity index (χ4n) is 3.23. The van der Waals surface area contributed by atoms with E-state index in [-0.39, 0.29) is 23.6 Å². The van der Waals surface area contributed by atoms with Crippen LogP contribution in [0.2, 0.25) is 0 Å². The number of carbonyl (C=O) groups excluding carboxylic acids is 2. The molecule has 1 aliphatic carbocycles. The lowest BCUT2D eigenvalue weighted by Gasteiger charge is -2.21. The van der Waals surface area contributed by atoms with Crippen LogP contribution < -0.4 is 5.32 Å². The molecule has 3 aromatic rings. The van der Waals surface area contributed by atoms with Crippen LogP contribution in [0.3, 0.4) is 0 Å². The molecule has 0 radical (unpaired) electrons. The van der Waals surface area contributed by atoms with Crippen LogP contribution in [0.5, 0.6) is 0 Å². The summed E-state index contributed by atoms with van der Waals surface area (Å²) in [6, 6.07) is 17.2. The number of rotatable bonds is 6. The van der Waals surface area contributed by atoms with Crippen LogP contribution in [-0.4, -0.2) is 35.0 Å². The van der Waals surface area contributed by atoms with Crippen LogP contribution >= 0.6 is 0 Å². The molecule has 1 fully saturated rings. The van der Waals surface area contributed by atoms with Crippen molar-refractivity contribution in [3.63, 3.8) is 0 Å². The molecule has 6 heteroatoms. The van der Waals surface area contributed by atoms with Gasteiger partial charge in [0.1, 0.15) is 5.69 Å². The third-order valence-corrected chi connectivity index (χ3v) is 5.11. The van der Waals surface area contributed by atoms with E-state index in [9.17, 15) is 9.59 Å². The first-order valence-electron chi connectivity index (χ1n) is 9.71. The summed E-state index contributed by atoms with van der Waals surface area (Å²) < 4.78 is 5.38. The van der Waals surface area contributed by atoms with E-state index in [0.29, 0.717) is 17.8 Å². The molecule has 6 nitrogen and oxygen atoms in total. The maximum Gasteiger partial charge on any atom is 0.293 e. The molecule has 4 rings (SSSR count). The average Bonchev–Trinajstić information content (AvgIpc) is 3.47. The van der Waals surface area contributed by atoms with E-state index in [0.717, 1.165) is 29.5 Å².